The lowest BCUT2D eigenvalue weighted by Gasteiger charge is -2.29. The van der Waals surface area contributed by atoms with Gasteiger partial charge in [0.2, 0.25) is 5.95 Å². The normalized spacial score (nSPS) is 31.1. The largest absolute Gasteiger partial charge is 0.381 e. The van der Waals surface area contributed by atoms with E-state index in [0.29, 0.717) is 12.0 Å². The van der Waals surface area contributed by atoms with Gasteiger partial charge in [0, 0.05) is 37.5 Å². The molecular weight excluding hydrogens is 178 g/mol. The minimum atomic E-state index is 0.594. The highest BCUT2D eigenvalue weighted by Gasteiger charge is 2.30. The van der Waals surface area contributed by atoms with E-state index in [9.17, 15) is 0 Å². The molecule has 4 heteroatoms. The van der Waals surface area contributed by atoms with E-state index in [-0.39, 0.29) is 0 Å². The number of nitrogens with zero attached hydrogens (tertiary/aromatic N) is 2. The molecule has 0 bridgehead atoms. The Balaban J connectivity index is 1.88. The van der Waals surface area contributed by atoms with E-state index in [1.165, 1.54) is 12.8 Å². The lowest BCUT2D eigenvalue weighted by molar-refractivity contribution is 0.170. The Kier molecular flexibility index (Phi) is 1.94. The van der Waals surface area contributed by atoms with Gasteiger partial charge in [0.1, 0.15) is 0 Å². The van der Waals surface area contributed by atoms with Crippen LogP contribution in [-0.4, -0.2) is 29.3 Å². The lowest BCUT2D eigenvalue weighted by Crippen LogP contribution is -2.28. The molecule has 0 spiro atoms. The molecule has 0 aliphatic carbocycles. The third-order valence-electron chi connectivity index (χ3n) is 3.26. The van der Waals surface area contributed by atoms with Crippen LogP contribution in [0.2, 0.25) is 0 Å². The Hall–Kier alpha value is -1.03. The van der Waals surface area contributed by atoms with Crippen LogP contribution >= 0.6 is 0 Å². The molecule has 2 aliphatic heterocycles. The maximum Gasteiger partial charge on any atom is 0.203 e. The number of fused-ring (bicyclic) bond motifs is 1. The van der Waals surface area contributed by atoms with Gasteiger partial charge in [-0.2, -0.15) is 0 Å². The second kappa shape index (κ2) is 3.28. The van der Waals surface area contributed by atoms with Gasteiger partial charge in [-0.05, 0) is 12.8 Å². The molecule has 76 valence electrons. The molecule has 1 fully saturated rings. The molecule has 0 amide bonds. The molecule has 2 unspecified atom stereocenters. The van der Waals surface area contributed by atoms with E-state index in [1.807, 2.05) is 6.20 Å². The first-order chi connectivity index (χ1) is 6.95. The van der Waals surface area contributed by atoms with Crippen molar-refractivity contribution in [1.82, 2.24) is 9.55 Å². The molecule has 4 nitrogen and oxygen atoms in total. The minimum absolute atomic E-state index is 0.594. The fourth-order valence-corrected chi connectivity index (χ4v) is 2.51. The lowest BCUT2D eigenvalue weighted by atomic mass is 9.95. The van der Waals surface area contributed by atoms with Crippen LogP contribution in [-0.2, 0) is 4.74 Å². The summed E-state index contributed by atoms with van der Waals surface area (Å²) in [6.07, 6.45) is 6.33. The summed E-state index contributed by atoms with van der Waals surface area (Å²) in [7, 11) is 0. The summed E-state index contributed by atoms with van der Waals surface area (Å²) in [5.74, 6) is 1.71. The Labute approximate surface area is 83.3 Å². The van der Waals surface area contributed by atoms with Crippen LogP contribution in [0.3, 0.4) is 0 Å². The van der Waals surface area contributed by atoms with Crippen LogP contribution in [0.25, 0.3) is 0 Å². The third-order valence-corrected chi connectivity index (χ3v) is 3.26. The maximum absolute atomic E-state index is 5.45. The average molecular weight is 193 g/mol. The van der Waals surface area contributed by atoms with E-state index >= 15 is 0 Å². The van der Waals surface area contributed by atoms with Crippen LogP contribution in [0.1, 0.15) is 18.9 Å². The number of anilines is 1. The highest BCUT2D eigenvalue weighted by Crippen LogP contribution is 2.33. The van der Waals surface area contributed by atoms with Gasteiger partial charge in [-0.15, -0.1) is 0 Å². The number of aromatic nitrogens is 2. The molecule has 0 radical (unpaired) electrons. The van der Waals surface area contributed by atoms with Crippen LogP contribution < -0.4 is 5.32 Å². The summed E-state index contributed by atoms with van der Waals surface area (Å²) >= 11 is 0. The van der Waals surface area contributed by atoms with Crippen molar-refractivity contribution in [2.75, 3.05) is 25.1 Å². The van der Waals surface area contributed by atoms with Gasteiger partial charge < -0.3 is 14.6 Å². The fourth-order valence-electron chi connectivity index (χ4n) is 2.51. The number of imidazole rings is 1. The molecule has 3 heterocycles. The van der Waals surface area contributed by atoms with Crippen LogP contribution in [0, 0.1) is 5.92 Å². The Morgan fingerprint density at radius 3 is 3.36 bits per heavy atom. The molecule has 2 aliphatic rings. The summed E-state index contributed by atoms with van der Waals surface area (Å²) in [4.78, 5) is 4.29. The van der Waals surface area contributed by atoms with Crippen molar-refractivity contribution >= 4 is 5.95 Å². The molecule has 2 atom stereocenters. The molecule has 14 heavy (non-hydrogen) atoms. The molecule has 0 aromatic carbocycles. The van der Waals surface area contributed by atoms with Crippen molar-refractivity contribution in [3.63, 3.8) is 0 Å². The number of rotatable bonds is 1. The molecule has 3 rings (SSSR count). The Morgan fingerprint density at radius 2 is 2.50 bits per heavy atom. The number of ether oxygens (including phenoxy) is 1. The van der Waals surface area contributed by atoms with Crippen molar-refractivity contribution < 1.29 is 4.74 Å². The Bertz CT molecular complexity index is 317. The van der Waals surface area contributed by atoms with Crippen LogP contribution in [0.15, 0.2) is 12.4 Å². The highest BCUT2D eigenvalue weighted by molar-refractivity contribution is 5.29. The van der Waals surface area contributed by atoms with Crippen LogP contribution in [0.5, 0.6) is 0 Å². The second-order valence-electron chi connectivity index (χ2n) is 4.06. The summed E-state index contributed by atoms with van der Waals surface area (Å²) in [6.45, 7) is 2.89. The monoisotopic (exact) mass is 193 g/mol. The summed E-state index contributed by atoms with van der Waals surface area (Å²) in [5.41, 5.74) is 0. The fraction of sp³-hybridized carbons (Fsp3) is 0.700. The molecule has 1 aromatic rings. The number of hydrogen-bond donors (Lipinski definition) is 1. The predicted molar refractivity (Wildman–Crippen MR) is 53.3 cm³/mol. The smallest absolute Gasteiger partial charge is 0.203 e. The van der Waals surface area contributed by atoms with E-state index in [1.54, 1.807) is 0 Å². The average Bonchev–Trinajstić information content (AvgIpc) is 2.88. The van der Waals surface area contributed by atoms with Crippen molar-refractivity contribution in [2.24, 2.45) is 5.92 Å². The van der Waals surface area contributed by atoms with Crippen molar-refractivity contribution in [3.05, 3.63) is 12.4 Å². The zero-order valence-corrected chi connectivity index (χ0v) is 8.15. The standard InChI is InChI=1S/C10H15N3O/c1-3-11-10-12-4-5-13(10)9(1)8-2-6-14-7-8/h4-5,8-9H,1-3,6-7H2,(H,11,12). The van der Waals surface area contributed by atoms with Crippen molar-refractivity contribution in [2.45, 2.75) is 18.9 Å². The van der Waals surface area contributed by atoms with Crippen molar-refractivity contribution in [1.29, 1.82) is 0 Å². The summed E-state index contributed by atoms with van der Waals surface area (Å²) in [5, 5.41) is 3.31. The topological polar surface area (TPSA) is 39.1 Å². The first kappa shape index (κ1) is 8.29. The first-order valence-corrected chi connectivity index (χ1v) is 5.29. The summed E-state index contributed by atoms with van der Waals surface area (Å²) < 4.78 is 7.71. The minimum Gasteiger partial charge on any atom is -0.381 e. The predicted octanol–water partition coefficient (Wildman–Crippen LogP) is 1.28. The van der Waals surface area contributed by atoms with Crippen LogP contribution in [0.4, 0.5) is 5.95 Å². The molecule has 0 saturated carbocycles. The quantitative estimate of drug-likeness (QED) is 0.730. The van der Waals surface area contributed by atoms with Gasteiger partial charge in [0.15, 0.2) is 0 Å². The van der Waals surface area contributed by atoms with Gasteiger partial charge in [-0.1, -0.05) is 0 Å². The molecule has 1 saturated heterocycles. The molecule has 1 aromatic heterocycles. The highest BCUT2D eigenvalue weighted by atomic mass is 16.5. The van der Waals surface area contributed by atoms with E-state index < -0.39 is 0 Å². The van der Waals surface area contributed by atoms with Gasteiger partial charge in [0.05, 0.1) is 6.61 Å². The van der Waals surface area contributed by atoms with Gasteiger partial charge in [-0.3, -0.25) is 0 Å². The maximum atomic E-state index is 5.45. The second-order valence-corrected chi connectivity index (χ2v) is 4.06. The summed E-state index contributed by atoms with van der Waals surface area (Å²) in [6, 6.07) is 0.594. The first-order valence-electron chi connectivity index (χ1n) is 5.29. The molecular formula is C10H15N3O. The van der Waals surface area contributed by atoms with E-state index in [0.717, 1.165) is 25.7 Å². The SMILES string of the molecule is c1cn2c(n1)NCCC2C1CCOC1. The van der Waals surface area contributed by atoms with E-state index in [2.05, 4.69) is 21.1 Å². The van der Waals surface area contributed by atoms with Crippen molar-refractivity contribution in [3.8, 4) is 0 Å². The number of nitrogens with one attached hydrogen (secondary N) is 1. The van der Waals surface area contributed by atoms with Gasteiger partial charge in [-0.25, -0.2) is 4.98 Å². The van der Waals surface area contributed by atoms with E-state index in [4.69, 9.17) is 4.74 Å². The number of hydrogen-bond acceptors (Lipinski definition) is 3. The Morgan fingerprint density at radius 1 is 1.50 bits per heavy atom. The van der Waals surface area contributed by atoms with Gasteiger partial charge >= 0.3 is 0 Å². The van der Waals surface area contributed by atoms with Gasteiger partial charge in [0.25, 0.3) is 0 Å². The third kappa shape index (κ3) is 1.21. The zero-order chi connectivity index (χ0) is 9.38. The zero-order valence-electron chi connectivity index (χ0n) is 8.15. The molecule has 1 N–H and O–H groups in total.